The molecular formula is C23H23N3O. The van der Waals surface area contributed by atoms with Crippen molar-refractivity contribution in [3.05, 3.63) is 71.9 Å². The van der Waals surface area contributed by atoms with Gasteiger partial charge >= 0.3 is 0 Å². The highest BCUT2D eigenvalue weighted by Gasteiger charge is 2.41. The summed E-state index contributed by atoms with van der Waals surface area (Å²) in [5, 5.41) is 13.8. The zero-order chi connectivity index (χ0) is 18.7. The Morgan fingerprint density at radius 2 is 1.81 bits per heavy atom. The van der Waals surface area contributed by atoms with Gasteiger partial charge in [-0.1, -0.05) is 61.4 Å². The number of aromatic nitrogens is 1. The highest BCUT2D eigenvalue weighted by Crippen LogP contribution is 2.38. The molecule has 3 aromatic rings. The molecule has 0 spiro atoms. The minimum atomic E-state index is -0.846. The van der Waals surface area contributed by atoms with Crippen LogP contribution in [0.25, 0.3) is 10.9 Å². The monoisotopic (exact) mass is 357 g/mol. The third-order valence-corrected chi connectivity index (χ3v) is 5.77. The van der Waals surface area contributed by atoms with Crippen LogP contribution in [-0.2, 0) is 4.79 Å². The molecule has 1 saturated carbocycles. The fourth-order valence-electron chi connectivity index (χ4n) is 4.21. The van der Waals surface area contributed by atoms with Gasteiger partial charge in [0, 0.05) is 29.6 Å². The van der Waals surface area contributed by atoms with Crippen molar-refractivity contribution in [1.29, 1.82) is 5.26 Å². The minimum absolute atomic E-state index is 0.0310. The van der Waals surface area contributed by atoms with Crippen molar-refractivity contribution in [1.82, 2.24) is 10.3 Å². The van der Waals surface area contributed by atoms with E-state index in [1.165, 1.54) is 0 Å². The number of benzene rings is 2. The molecule has 0 saturated heterocycles. The van der Waals surface area contributed by atoms with Crippen LogP contribution in [0.15, 0.2) is 60.8 Å². The van der Waals surface area contributed by atoms with Crippen molar-refractivity contribution < 1.29 is 4.79 Å². The number of nitrogens with one attached hydrogen (secondary N) is 2. The quantitative estimate of drug-likeness (QED) is 0.706. The Kier molecular flexibility index (Phi) is 4.68. The van der Waals surface area contributed by atoms with E-state index in [-0.39, 0.29) is 11.8 Å². The van der Waals surface area contributed by atoms with Crippen LogP contribution in [0, 0.1) is 16.7 Å². The molecule has 1 aliphatic rings. The highest BCUT2D eigenvalue weighted by atomic mass is 16.2. The van der Waals surface area contributed by atoms with Crippen LogP contribution in [0.3, 0.4) is 0 Å². The SMILES string of the molecule is N#CC1(C(=O)NC[C@@H](c2ccccc2)c2c[nH]c3ccccc23)CCCC1. The number of rotatable bonds is 5. The summed E-state index contributed by atoms with van der Waals surface area (Å²) < 4.78 is 0. The van der Waals surface area contributed by atoms with Gasteiger partial charge in [0.2, 0.25) is 5.91 Å². The van der Waals surface area contributed by atoms with E-state index in [0.717, 1.165) is 34.9 Å². The Bertz CT molecular complexity index is 978. The number of H-pyrrole nitrogens is 1. The van der Waals surface area contributed by atoms with Gasteiger partial charge in [0.1, 0.15) is 5.41 Å². The number of carbonyl (C=O) groups is 1. The Morgan fingerprint density at radius 1 is 1.11 bits per heavy atom. The molecule has 1 fully saturated rings. The van der Waals surface area contributed by atoms with Gasteiger partial charge in [-0.25, -0.2) is 0 Å². The third kappa shape index (κ3) is 3.21. The molecule has 1 amide bonds. The Labute approximate surface area is 159 Å². The molecule has 1 aromatic heterocycles. The Morgan fingerprint density at radius 3 is 2.56 bits per heavy atom. The van der Waals surface area contributed by atoms with E-state index in [9.17, 15) is 10.1 Å². The van der Waals surface area contributed by atoms with E-state index in [4.69, 9.17) is 0 Å². The summed E-state index contributed by atoms with van der Waals surface area (Å²) in [4.78, 5) is 16.2. The molecule has 4 heteroatoms. The zero-order valence-electron chi connectivity index (χ0n) is 15.2. The van der Waals surface area contributed by atoms with Crippen molar-refractivity contribution in [2.75, 3.05) is 6.54 Å². The summed E-state index contributed by atoms with van der Waals surface area (Å²) in [6, 6.07) is 20.7. The molecule has 136 valence electrons. The first-order valence-corrected chi connectivity index (χ1v) is 9.54. The lowest BCUT2D eigenvalue weighted by Gasteiger charge is -2.23. The fourth-order valence-corrected chi connectivity index (χ4v) is 4.21. The van der Waals surface area contributed by atoms with Crippen LogP contribution < -0.4 is 5.32 Å². The number of aromatic amines is 1. The molecule has 1 atom stereocenters. The summed E-state index contributed by atoms with van der Waals surface area (Å²) in [5.41, 5.74) is 2.56. The maximum atomic E-state index is 12.8. The van der Waals surface area contributed by atoms with E-state index >= 15 is 0 Å². The summed E-state index contributed by atoms with van der Waals surface area (Å²) in [7, 11) is 0. The van der Waals surface area contributed by atoms with E-state index in [0.29, 0.717) is 19.4 Å². The molecule has 0 bridgehead atoms. The molecule has 0 radical (unpaired) electrons. The van der Waals surface area contributed by atoms with Crippen LogP contribution in [0.1, 0.15) is 42.7 Å². The van der Waals surface area contributed by atoms with E-state index in [1.807, 2.05) is 36.5 Å². The summed E-state index contributed by atoms with van der Waals surface area (Å²) in [6.45, 7) is 0.480. The van der Waals surface area contributed by atoms with E-state index in [1.54, 1.807) is 0 Å². The van der Waals surface area contributed by atoms with Gasteiger partial charge < -0.3 is 10.3 Å². The summed E-state index contributed by atoms with van der Waals surface area (Å²) in [5.74, 6) is -0.0910. The molecule has 1 aliphatic carbocycles. The number of fused-ring (bicyclic) bond motifs is 1. The van der Waals surface area contributed by atoms with Gasteiger partial charge in [0.05, 0.1) is 6.07 Å². The smallest absolute Gasteiger partial charge is 0.240 e. The summed E-state index contributed by atoms with van der Waals surface area (Å²) in [6.07, 6.45) is 5.26. The van der Waals surface area contributed by atoms with Crippen molar-refractivity contribution in [2.24, 2.45) is 5.41 Å². The molecule has 0 aliphatic heterocycles. The molecule has 2 N–H and O–H groups in total. The van der Waals surface area contributed by atoms with Crippen molar-refractivity contribution in [3.63, 3.8) is 0 Å². The van der Waals surface area contributed by atoms with Gasteiger partial charge in [0.25, 0.3) is 0 Å². The average molecular weight is 357 g/mol. The first kappa shape index (κ1) is 17.4. The van der Waals surface area contributed by atoms with Crippen LogP contribution >= 0.6 is 0 Å². The molecule has 4 rings (SSSR count). The van der Waals surface area contributed by atoms with Crippen LogP contribution in [0.4, 0.5) is 0 Å². The lowest BCUT2D eigenvalue weighted by Crippen LogP contribution is -2.40. The van der Waals surface area contributed by atoms with Crippen LogP contribution in [0.5, 0.6) is 0 Å². The lowest BCUT2D eigenvalue weighted by molar-refractivity contribution is -0.127. The van der Waals surface area contributed by atoms with Gasteiger partial charge in [-0.2, -0.15) is 5.26 Å². The number of amides is 1. The fraction of sp³-hybridized carbons (Fsp3) is 0.304. The predicted molar refractivity (Wildman–Crippen MR) is 106 cm³/mol. The number of hydrogen-bond acceptors (Lipinski definition) is 2. The number of nitrogens with zero attached hydrogens (tertiary/aromatic N) is 1. The van der Waals surface area contributed by atoms with Crippen molar-refractivity contribution >= 4 is 16.8 Å². The first-order chi connectivity index (χ1) is 13.2. The lowest BCUT2D eigenvalue weighted by atomic mass is 9.86. The van der Waals surface area contributed by atoms with Crippen LogP contribution in [-0.4, -0.2) is 17.4 Å². The largest absolute Gasteiger partial charge is 0.361 e. The number of carbonyl (C=O) groups excluding carboxylic acids is 1. The molecule has 1 heterocycles. The standard InChI is InChI=1S/C23H23N3O/c24-16-23(12-6-7-13-23)22(27)26-14-19(17-8-2-1-3-9-17)20-15-25-21-11-5-4-10-18(20)21/h1-5,8-11,15,19,25H,6-7,12-14H2,(H,26,27)/t19-/m0/s1. The number of para-hydroxylation sites is 1. The second-order valence-corrected chi connectivity index (χ2v) is 7.36. The van der Waals surface area contributed by atoms with Crippen molar-refractivity contribution in [3.8, 4) is 6.07 Å². The Balaban J connectivity index is 1.64. The number of nitriles is 1. The van der Waals surface area contributed by atoms with Gasteiger partial charge in [0.15, 0.2) is 0 Å². The van der Waals surface area contributed by atoms with Crippen LogP contribution in [0.2, 0.25) is 0 Å². The van der Waals surface area contributed by atoms with E-state index < -0.39 is 5.41 Å². The topological polar surface area (TPSA) is 68.7 Å². The van der Waals surface area contributed by atoms with E-state index in [2.05, 4.69) is 40.6 Å². The molecular weight excluding hydrogens is 334 g/mol. The molecule has 2 aromatic carbocycles. The van der Waals surface area contributed by atoms with Gasteiger partial charge in [-0.15, -0.1) is 0 Å². The zero-order valence-corrected chi connectivity index (χ0v) is 15.2. The van der Waals surface area contributed by atoms with Gasteiger partial charge in [-0.05, 0) is 30.0 Å². The molecule has 0 unspecified atom stereocenters. The average Bonchev–Trinajstić information content (AvgIpc) is 3.37. The maximum absolute atomic E-state index is 12.8. The van der Waals surface area contributed by atoms with Gasteiger partial charge in [-0.3, -0.25) is 4.79 Å². The summed E-state index contributed by atoms with van der Waals surface area (Å²) >= 11 is 0. The third-order valence-electron chi connectivity index (χ3n) is 5.77. The second kappa shape index (κ2) is 7.28. The number of hydrogen-bond donors (Lipinski definition) is 2. The predicted octanol–water partition coefficient (Wildman–Crippen LogP) is 4.50. The Hall–Kier alpha value is -3.06. The van der Waals surface area contributed by atoms with Crippen molar-refractivity contribution in [2.45, 2.75) is 31.6 Å². The minimum Gasteiger partial charge on any atom is -0.361 e. The molecule has 4 nitrogen and oxygen atoms in total. The normalized spacial score (nSPS) is 16.7. The molecule has 27 heavy (non-hydrogen) atoms. The highest BCUT2D eigenvalue weighted by molar-refractivity contribution is 5.86. The maximum Gasteiger partial charge on any atom is 0.240 e. The second-order valence-electron chi connectivity index (χ2n) is 7.36. The first-order valence-electron chi connectivity index (χ1n) is 9.54.